The molecule has 1 aromatic carbocycles. The Balaban J connectivity index is 1.58. The van der Waals surface area contributed by atoms with Gasteiger partial charge in [0.05, 0.1) is 24.4 Å². The van der Waals surface area contributed by atoms with Gasteiger partial charge in [0.1, 0.15) is 6.10 Å². The van der Waals surface area contributed by atoms with Crippen molar-refractivity contribution >= 4 is 17.2 Å². The lowest BCUT2D eigenvalue weighted by atomic mass is 9.97. The molecule has 2 heterocycles. The maximum absolute atomic E-state index is 12.4. The van der Waals surface area contributed by atoms with E-state index in [-0.39, 0.29) is 12.0 Å². The molecule has 1 aliphatic rings. The fourth-order valence-corrected chi connectivity index (χ4v) is 3.74. The molecule has 0 spiro atoms. The molecule has 1 unspecified atom stereocenters. The zero-order valence-electron chi connectivity index (χ0n) is 13.6. The van der Waals surface area contributed by atoms with Crippen LogP contribution in [0.5, 0.6) is 0 Å². The second kappa shape index (κ2) is 7.23. The zero-order valence-corrected chi connectivity index (χ0v) is 14.4. The number of hydrogen-bond acceptors (Lipinski definition) is 4. The van der Waals surface area contributed by atoms with Crippen LogP contribution in [0.1, 0.15) is 34.2 Å². The molecule has 1 aliphatic heterocycles. The Labute approximate surface area is 141 Å². The maximum atomic E-state index is 12.4. The van der Waals surface area contributed by atoms with Gasteiger partial charge in [-0.1, -0.05) is 24.3 Å². The number of fused-ring (bicyclic) bond motifs is 1. The molecular formula is C18H22N2O2S. The van der Waals surface area contributed by atoms with Crippen LogP contribution in [0.2, 0.25) is 0 Å². The molecule has 0 N–H and O–H groups in total. The van der Waals surface area contributed by atoms with Crippen LogP contribution in [0.15, 0.2) is 29.8 Å². The molecular weight excluding hydrogens is 308 g/mol. The van der Waals surface area contributed by atoms with Crippen LogP contribution in [-0.2, 0) is 22.4 Å². The lowest BCUT2D eigenvalue weighted by Crippen LogP contribution is -2.34. The lowest BCUT2D eigenvalue weighted by molar-refractivity contribution is -0.132. The summed E-state index contributed by atoms with van der Waals surface area (Å²) in [5, 5.41) is 0. The molecule has 0 radical (unpaired) electrons. The van der Waals surface area contributed by atoms with Crippen molar-refractivity contribution in [3.8, 4) is 0 Å². The molecule has 0 fully saturated rings. The van der Waals surface area contributed by atoms with Crippen LogP contribution in [0.3, 0.4) is 0 Å². The van der Waals surface area contributed by atoms with Crippen LogP contribution >= 0.6 is 11.3 Å². The van der Waals surface area contributed by atoms with Crippen molar-refractivity contribution in [1.82, 2.24) is 9.88 Å². The lowest BCUT2D eigenvalue weighted by Gasteiger charge is -2.29. The third-order valence-electron chi connectivity index (χ3n) is 4.37. The van der Waals surface area contributed by atoms with Gasteiger partial charge in [-0.05, 0) is 30.9 Å². The summed E-state index contributed by atoms with van der Waals surface area (Å²) in [6.07, 6.45) is 2.23. The number of carbonyl (C=O) groups excluding carboxylic acids is 1. The topological polar surface area (TPSA) is 42.4 Å². The van der Waals surface area contributed by atoms with Crippen molar-refractivity contribution in [3.63, 3.8) is 0 Å². The highest BCUT2D eigenvalue weighted by atomic mass is 32.1. The predicted molar refractivity (Wildman–Crippen MR) is 91.6 cm³/mol. The number of thiazole rings is 1. The SMILES string of the molecule is Cc1ncsc1CCC(=O)N(C)CC1OCCc2ccccc21. The molecule has 0 aliphatic carbocycles. The summed E-state index contributed by atoms with van der Waals surface area (Å²) in [5.74, 6) is 0.157. The molecule has 1 amide bonds. The third kappa shape index (κ3) is 3.79. The minimum absolute atomic E-state index is 0.0148. The number of aromatic nitrogens is 1. The molecule has 122 valence electrons. The second-order valence-electron chi connectivity index (χ2n) is 5.94. The van der Waals surface area contributed by atoms with Crippen LogP contribution in [0.4, 0.5) is 0 Å². The first-order valence-corrected chi connectivity index (χ1v) is 8.85. The summed E-state index contributed by atoms with van der Waals surface area (Å²) in [4.78, 5) is 19.6. The van der Waals surface area contributed by atoms with Crippen LogP contribution in [0, 0.1) is 6.92 Å². The molecule has 2 aromatic rings. The maximum Gasteiger partial charge on any atom is 0.222 e. The molecule has 1 atom stereocenters. The molecule has 5 heteroatoms. The zero-order chi connectivity index (χ0) is 16.2. The minimum Gasteiger partial charge on any atom is -0.371 e. The predicted octanol–water partition coefficient (Wildman–Crippen LogP) is 3.16. The summed E-state index contributed by atoms with van der Waals surface area (Å²) in [5.41, 5.74) is 5.43. The summed E-state index contributed by atoms with van der Waals surface area (Å²) in [6.45, 7) is 3.33. The van der Waals surface area contributed by atoms with E-state index in [1.807, 2.05) is 25.5 Å². The van der Waals surface area contributed by atoms with E-state index in [1.165, 1.54) is 16.0 Å². The van der Waals surface area contributed by atoms with Gasteiger partial charge in [0, 0.05) is 18.3 Å². The van der Waals surface area contributed by atoms with E-state index in [0.717, 1.165) is 25.1 Å². The quantitative estimate of drug-likeness (QED) is 0.846. The molecule has 1 aromatic heterocycles. The van der Waals surface area contributed by atoms with Crippen molar-refractivity contribution in [2.45, 2.75) is 32.3 Å². The Morgan fingerprint density at radius 3 is 3.04 bits per heavy atom. The van der Waals surface area contributed by atoms with E-state index in [0.29, 0.717) is 13.0 Å². The van der Waals surface area contributed by atoms with Crippen LogP contribution < -0.4 is 0 Å². The number of benzene rings is 1. The Kier molecular flexibility index (Phi) is 5.08. The summed E-state index contributed by atoms with van der Waals surface area (Å²) in [6, 6.07) is 8.36. The van der Waals surface area contributed by atoms with Crippen molar-refractivity contribution in [3.05, 3.63) is 51.5 Å². The monoisotopic (exact) mass is 330 g/mol. The Morgan fingerprint density at radius 1 is 1.43 bits per heavy atom. The van der Waals surface area contributed by atoms with Gasteiger partial charge in [-0.3, -0.25) is 4.79 Å². The van der Waals surface area contributed by atoms with Gasteiger partial charge in [-0.15, -0.1) is 11.3 Å². The summed E-state index contributed by atoms with van der Waals surface area (Å²) < 4.78 is 5.89. The van der Waals surface area contributed by atoms with Crippen molar-refractivity contribution in [1.29, 1.82) is 0 Å². The fourth-order valence-electron chi connectivity index (χ4n) is 2.96. The fraction of sp³-hybridized carbons (Fsp3) is 0.444. The highest BCUT2D eigenvalue weighted by Crippen LogP contribution is 2.27. The summed E-state index contributed by atoms with van der Waals surface area (Å²) in [7, 11) is 1.86. The van der Waals surface area contributed by atoms with Gasteiger partial charge in [-0.2, -0.15) is 0 Å². The van der Waals surface area contributed by atoms with E-state index >= 15 is 0 Å². The Morgan fingerprint density at radius 2 is 2.26 bits per heavy atom. The smallest absolute Gasteiger partial charge is 0.222 e. The van der Waals surface area contributed by atoms with Gasteiger partial charge in [-0.25, -0.2) is 4.98 Å². The van der Waals surface area contributed by atoms with Gasteiger partial charge in [0.2, 0.25) is 5.91 Å². The average Bonchev–Trinajstić information content (AvgIpc) is 2.98. The van der Waals surface area contributed by atoms with Gasteiger partial charge >= 0.3 is 0 Å². The van der Waals surface area contributed by atoms with E-state index < -0.39 is 0 Å². The molecule has 0 bridgehead atoms. The molecule has 0 saturated heterocycles. The standard InChI is InChI=1S/C18H22N2O2S/c1-13-17(23-12-19-13)7-8-18(21)20(2)11-16-15-6-4-3-5-14(15)9-10-22-16/h3-6,12,16H,7-11H2,1-2H3. The largest absolute Gasteiger partial charge is 0.371 e. The van der Waals surface area contributed by atoms with E-state index in [1.54, 1.807) is 16.2 Å². The molecule has 3 rings (SSSR count). The van der Waals surface area contributed by atoms with Crippen molar-refractivity contribution < 1.29 is 9.53 Å². The van der Waals surface area contributed by atoms with Crippen LogP contribution in [-0.4, -0.2) is 36.0 Å². The first kappa shape index (κ1) is 16.1. The normalized spacial score (nSPS) is 16.9. The van der Waals surface area contributed by atoms with Gasteiger partial charge in [0.25, 0.3) is 0 Å². The Hall–Kier alpha value is -1.72. The number of nitrogens with zero attached hydrogens (tertiary/aromatic N) is 2. The highest BCUT2D eigenvalue weighted by Gasteiger charge is 2.23. The van der Waals surface area contributed by atoms with Gasteiger partial charge < -0.3 is 9.64 Å². The minimum atomic E-state index is -0.0148. The molecule has 23 heavy (non-hydrogen) atoms. The van der Waals surface area contributed by atoms with E-state index in [2.05, 4.69) is 23.2 Å². The number of likely N-dealkylation sites (N-methyl/N-ethyl adjacent to an activating group) is 1. The van der Waals surface area contributed by atoms with Crippen molar-refractivity contribution in [2.75, 3.05) is 20.2 Å². The number of ether oxygens (including phenoxy) is 1. The number of amides is 1. The number of carbonyl (C=O) groups is 1. The number of rotatable bonds is 5. The third-order valence-corrected chi connectivity index (χ3v) is 5.36. The Bertz CT molecular complexity index is 683. The highest BCUT2D eigenvalue weighted by molar-refractivity contribution is 7.09. The number of aryl methyl sites for hydroxylation is 2. The first-order chi connectivity index (χ1) is 11.1. The van der Waals surface area contributed by atoms with Crippen LogP contribution in [0.25, 0.3) is 0 Å². The van der Waals surface area contributed by atoms with Crippen molar-refractivity contribution in [2.24, 2.45) is 0 Å². The summed E-state index contributed by atoms with van der Waals surface area (Å²) >= 11 is 1.62. The van der Waals surface area contributed by atoms with E-state index in [9.17, 15) is 4.79 Å². The molecule has 0 saturated carbocycles. The first-order valence-electron chi connectivity index (χ1n) is 7.97. The number of hydrogen-bond donors (Lipinski definition) is 0. The average molecular weight is 330 g/mol. The van der Waals surface area contributed by atoms with Gasteiger partial charge in [0.15, 0.2) is 0 Å². The second-order valence-corrected chi connectivity index (χ2v) is 6.88. The van der Waals surface area contributed by atoms with E-state index in [4.69, 9.17) is 4.74 Å². The molecule has 4 nitrogen and oxygen atoms in total.